The first-order valence-electron chi connectivity index (χ1n) is 7.93. The second kappa shape index (κ2) is 7.53. The van der Waals surface area contributed by atoms with Crippen LogP contribution in [0.5, 0.6) is 11.5 Å². The van der Waals surface area contributed by atoms with E-state index in [9.17, 15) is 0 Å². The Morgan fingerprint density at radius 1 is 1.38 bits per heavy atom. The van der Waals surface area contributed by atoms with Crippen LogP contribution < -0.4 is 14.8 Å². The van der Waals surface area contributed by atoms with E-state index in [1.165, 1.54) is 4.88 Å². The lowest BCUT2D eigenvalue weighted by Crippen LogP contribution is -2.38. The molecule has 128 valence electrons. The largest absolute Gasteiger partial charge is 0.454 e. The second-order valence-electron chi connectivity index (χ2n) is 5.52. The van der Waals surface area contributed by atoms with Gasteiger partial charge in [-0.05, 0) is 24.1 Å². The number of hydrogen-bond donors (Lipinski definition) is 1. The molecule has 3 rings (SSSR count). The number of guanidine groups is 1. The highest BCUT2D eigenvalue weighted by molar-refractivity contribution is 7.11. The van der Waals surface area contributed by atoms with Gasteiger partial charge in [-0.2, -0.15) is 0 Å². The molecule has 0 fully saturated rings. The summed E-state index contributed by atoms with van der Waals surface area (Å²) in [6.45, 7) is 3.85. The van der Waals surface area contributed by atoms with E-state index >= 15 is 0 Å². The lowest BCUT2D eigenvalue weighted by Gasteiger charge is -2.22. The van der Waals surface area contributed by atoms with Crippen molar-refractivity contribution in [3.63, 3.8) is 0 Å². The van der Waals surface area contributed by atoms with Crippen LogP contribution in [-0.4, -0.2) is 36.7 Å². The van der Waals surface area contributed by atoms with Gasteiger partial charge in [-0.15, -0.1) is 11.3 Å². The lowest BCUT2D eigenvalue weighted by molar-refractivity contribution is 0.174. The summed E-state index contributed by atoms with van der Waals surface area (Å²) in [5.41, 5.74) is 1.15. The first kappa shape index (κ1) is 16.6. The van der Waals surface area contributed by atoms with Gasteiger partial charge in [0.15, 0.2) is 17.5 Å². The van der Waals surface area contributed by atoms with Crippen molar-refractivity contribution in [3.8, 4) is 11.5 Å². The second-order valence-corrected chi connectivity index (χ2v) is 6.72. The predicted molar refractivity (Wildman–Crippen MR) is 95.7 cm³/mol. The molecule has 0 atom stereocenters. The number of nitrogens with one attached hydrogen (secondary N) is 1. The maximum Gasteiger partial charge on any atom is 0.231 e. The van der Waals surface area contributed by atoms with Crippen LogP contribution in [0.25, 0.3) is 0 Å². The number of hydrogen-bond acceptors (Lipinski definition) is 5. The van der Waals surface area contributed by atoms with Crippen LogP contribution in [0, 0.1) is 0 Å². The van der Waals surface area contributed by atoms with Crippen molar-refractivity contribution < 1.29 is 9.47 Å². The monoisotopic (exact) mass is 346 g/mol. The van der Waals surface area contributed by atoms with Gasteiger partial charge in [0, 0.05) is 31.7 Å². The molecule has 1 aromatic heterocycles. The summed E-state index contributed by atoms with van der Waals surface area (Å²) in [6, 6.07) is 6.01. The molecule has 2 aromatic rings. The Kier molecular flexibility index (Phi) is 5.20. The molecular weight excluding hydrogens is 324 g/mol. The van der Waals surface area contributed by atoms with E-state index in [0.29, 0.717) is 13.3 Å². The Morgan fingerprint density at radius 2 is 2.21 bits per heavy atom. The van der Waals surface area contributed by atoms with Crippen molar-refractivity contribution in [2.24, 2.45) is 4.99 Å². The molecule has 0 spiro atoms. The van der Waals surface area contributed by atoms with E-state index in [1.807, 2.05) is 31.4 Å². The molecule has 0 saturated carbocycles. The lowest BCUT2D eigenvalue weighted by atomic mass is 10.2. The molecular formula is C17H22N4O2S. The van der Waals surface area contributed by atoms with Crippen LogP contribution >= 0.6 is 11.3 Å². The van der Waals surface area contributed by atoms with Crippen LogP contribution in [0.15, 0.2) is 29.4 Å². The van der Waals surface area contributed by atoms with Crippen molar-refractivity contribution in [2.45, 2.75) is 26.4 Å². The zero-order valence-corrected chi connectivity index (χ0v) is 15.0. The number of benzene rings is 1. The average molecular weight is 346 g/mol. The van der Waals surface area contributed by atoms with E-state index < -0.39 is 0 Å². The Morgan fingerprint density at radius 3 is 2.96 bits per heavy atom. The molecule has 1 N–H and O–H groups in total. The fourth-order valence-electron chi connectivity index (χ4n) is 2.52. The number of ether oxygens (including phenoxy) is 2. The number of aryl methyl sites for hydroxylation is 1. The third-order valence-corrected chi connectivity index (χ3v) is 4.92. The summed E-state index contributed by atoms with van der Waals surface area (Å²) in [4.78, 5) is 12.2. The minimum atomic E-state index is 0.297. The van der Waals surface area contributed by atoms with Crippen LogP contribution in [0.3, 0.4) is 0 Å². The molecule has 0 aliphatic carbocycles. The molecule has 0 unspecified atom stereocenters. The number of rotatable bonds is 5. The van der Waals surface area contributed by atoms with Crippen molar-refractivity contribution in [3.05, 3.63) is 39.8 Å². The van der Waals surface area contributed by atoms with Gasteiger partial charge in [-0.3, -0.25) is 4.99 Å². The van der Waals surface area contributed by atoms with Gasteiger partial charge in [0.25, 0.3) is 0 Å². The van der Waals surface area contributed by atoms with E-state index in [0.717, 1.165) is 41.0 Å². The summed E-state index contributed by atoms with van der Waals surface area (Å²) in [5.74, 6) is 2.44. The smallest absolute Gasteiger partial charge is 0.231 e. The van der Waals surface area contributed by atoms with Gasteiger partial charge in [0.2, 0.25) is 6.79 Å². The van der Waals surface area contributed by atoms with Crippen molar-refractivity contribution in [2.75, 3.05) is 20.9 Å². The normalized spacial score (nSPS) is 13.2. The molecule has 0 amide bonds. The molecule has 1 aliphatic heterocycles. The van der Waals surface area contributed by atoms with Gasteiger partial charge in [0.1, 0.15) is 5.01 Å². The summed E-state index contributed by atoms with van der Waals surface area (Å²) in [6.07, 6.45) is 2.97. The van der Waals surface area contributed by atoms with Gasteiger partial charge in [0.05, 0.1) is 6.54 Å². The Labute approximate surface area is 146 Å². The fraction of sp³-hybridized carbons (Fsp3) is 0.412. The molecule has 0 radical (unpaired) electrons. The molecule has 6 nitrogen and oxygen atoms in total. The van der Waals surface area contributed by atoms with Gasteiger partial charge in [-0.1, -0.05) is 13.0 Å². The topological polar surface area (TPSA) is 59.0 Å². The quantitative estimate of drug-likeness (QED) is 0.666. The molecule has 0 saturated heterocycles. The van der Waals surface area contributed by atoms with Crippen LogP contribution in [-0.2, 0) is 19.5 Å². The zero-order chi connectivity index (χ0) is 16.9. The number of thiazole rings is 1. The highest BCUT2D eigenvalue weighted by atomic mass is 32.1. The number of aromatic nitrogens is 1. The van der Waals surface area contributed by atoms with Crippen LogP contribution in [0.1, 0.15) is 22.4 Å². The van der Waals surface area contributed by atoms with Crippen LogP contribution in [0.4, 0.5) is 0 Å². The van der Waals surface area contributed by atoms with Gasteiger partial charge < -0.3 is 19.7 Å². The Bertz CT molecular complexity index is 729. The first-order chi connectivity index (χ1) is 11.7. The fourth-order valence-corrected chi connectivity index (χ4v) is 3.32. The number of nitrogens with zero attached hydrogens (tertiary/aromatic N) is 3. The number of fused-ring (bicyclic) bond motifs is 1. The maximum atomic E-state index is 5.43. The SMILES string of the molecule is CCc1cnc(CNC(=NC)N(C)Cc2ccc3c(c2)OCO3)s1. The van der Waals surface area contributed by atoms with E-state index in [2.05, 4.69) is 27.1 Å². The summed E-state index contributed by atoms with van der Waals surface area (Å²) in [5, 5.41) is 4.44. The van der Waals surface area contributed by atoms with Crippen molar-refractivity contribution >= 4 is 17.3 Å². The predicted octanol–water partition coefficient (Wildman–Crippen LogP) is 2.64. The van der Waals surface area contributed by atoms with Crippen molar-refractivity contribution in [1.29, 1.82) is 0 Å². The molecule has 1 aliphatic rings. The average Bonchev–Trinajstić information content (AvgIpc) is 3.23. The minimum absolute atomic E-state index is 0.297. The first-order valence-corrected chi connectivity index (χ1v) is 8.75. The zero-order valence-electron chi connectivity index (χ0n) is 14.2. The maximum absolute atomic E-state index is 5.43. The van der Waals surface area contributed by atoms with Gasteiger partial charge in [-0.25, -0.2) is 4.98 Å². The van der Waals surface area contributed by atoms with Crippen LogP contribution in [0.2, 0.25) is 0 Å². The van der Waals surface area contributed by atoms with E-state index in [-0.39, 0.29) is 0 Å². The molecule has 0 bridgehead atoms. The molecule has 7 heteroatoms. The van der Waals surface area contributed by atoms with E-state index in [1.54, 1.807) is 18.4 Å². The molecule has 2 heterocycles. The highest BCUT2D eigenvalue weighted by Crippen LogP contribution is 2.32. The van der Waals surface area contributed by atoms with E-state index in [4.69, 9.17) is 9.47 Å². The third-order valence-electron chi connectivity index (χ3n) is 3.78. The molecule has 1 aromatic carbocycles. The van der Waals surface area contributed by atoms with Crippen molar-refractivity contribution in [1.82, 2.24) is 15.2 Å². The third kappa shape index (κ3) is 3.79. The summed E-state index contributed by atoms with van der Waals surface area (Å²) >= 11 is 1.74. The summed E-state index contributed by atoms with van der Waals surface area (Å²) < 4.78 is 10.8. The Hall–Kier alpha value is -2.28. The standard InChI is InChI=1S/C17H22N4O2S/c1-4-13-8-19-16(24-13)9-20-17(18-2)21(3)10-12-5-6-14-15(7-12)23-11-22-14/h5-8H,4,9-11H2,1-3H3,(H,18,20). The Balaban J connectivity index is 1.58. The number of aliphatic imine (C=N–C) groups is 1. The minimum Gasteiger partial charge on any atom is -0.454 e. The molecule has 24 heavy (non-hydrogen) atoms. The summed E-state index contributed by atoms with van der Waals surface area (Å²) in [7, 11) is 3.80. The highest BCUT2D eigenvalue weighted by Gasteiger charge is 2.15. The van der Waals surface area contributed by atoms with Gasteiger partial charge >= 0.3 is 0 Å².